The summed E-state index contributed by atoms with van der Waals surface area (Å²) in [7, 11) is 0. The van der Waals surface area contributed by atoms with Crippen molar-refractivity contribution < 1.29 is 5.11 Å². The van der Waals surface area contributed by atoms with E-state index in [4.69, 9.17) is 0 Å². The van der Waals surface area contributed by atoms with Crippen LogP contribution in [0, 0.1) is 0 Å². The Hall–Kier alpha value is -0.500. The maximum atomic E-state index is 9.82. The van der Waals surface area contributed by atoms with Crippen molar-refractivity contribution in [1.29, 1.82) is 0 Å². The van der Waals surface area contributed by atoms with Gasteiger partial charge < -0.3 is 10.0 Å². The van der Waals surface area contributed by atoms with Crippen molar-refractivity contribution in [1.82, 2.24) is 4.90 Å². The molecule has 0 atom stereocenters. The number of nitrogens with zero attached hydrogens (tertiary/aromatic N) is 1. The topological polar surface area (TPSA) is 23.5 Å². The van der Waals surface area contributed by atoms with Crippen molar-refractivity contribution in [2.45, 2.75) is 64.6 Å². The van der Waals surface area contributed by atoms with E-state index in [0.717, 1.165) is 12.8 Å². The molecule has 0 bridgehead atoms. The van der Waals surface area contributed by atoms with E-state index in [1.807, 2.05) is 6.92 Å². The van der Waals surface area contributed by atoms with Crippen LogP contribution < -0.4 is 0 Å². The Morgan fingerprint density at radius 2 is 1.57 bits per heavy atom. The van der Waals surface area contributed by atoms with Gasteiger partial charge in [0.15, 0.2) is 0 Å². The molecule has 14 heavy (non-hydrogen) atoms. The second-order valence-electron chi connectivity index (χ2n) is 5.54. The first-order valence-electron chi connectivity index (χ1n) is 5.40. The zero-order valence-electron chi connectivity index (χ0n) is 10.0. The molecule has 82 valence electrons. The van der Waals surface area contributed by atoms with Crippen molar-refractivity contribution in [3.05, 3.63) is 12.3 Å². The minimum Gasteiger partial charge on any atom is -0.393 e. The molecule has 0 aromatic rings. The molecule has 2 heteroatoms. The third-order valence-corrected chi connectivity index (χ3v) is 3.07. The largest absolute Gasteiger partial charge is 0.393 e. The Labute approximate surface area is 87.6 Å². The van der Waals surface area contributed by atoms with Crippen LogP contribution in [0.1, 0.15) is 47.5 Å². The molecule has 2 nitrogen and oxygen atoms in total. The van der Waals surface area contributed by atoms with Gasteiger partial charge in [-0.05, 0) is 53.7 Å². The molecule has 0 aromatic carbocycles. The number of allylic oxidation sites excluding steroid dienone is 1. The Kier molecular flexibility index (Phi) is 2.96. The molecule has 0 amide bonds. The van der Waals surface area contributed by atoms with E-state index in [1.54, 1.807) is 0 Å². The average molecular weight is 197 g/mol. The first-order chi connectivity index (χ1) is 6.29. The monoisotopic (exact) mass is 197 g/mol. The Morgan fingerprint density at radius 1 is 1.14 bits per heavy atom. The predicted molar refractivity (Wildman–Crippen MR) is 60.1 cm³/mol. The van der Waals surface area contributed by atoms with E-state index in [0.29, 0.717) is 0 Å². The van der Waals surface area contributed by atoms with Crippen LogP contribution in [0.4, 0.5) is 0 Å². The molecule has 0 spiro atoms. The van der Waals surface area contributed by atoms with Crippen LogP contribution >= 0.6 is 0 Å². The van der Waals surface area contributed by atoms with Crippen molar-refractivity contribution >= 4 is 0 Å². The Morgan fingerprint density at radius 3 is 1.93 bits per heavy atom. The highest BCUT2D eigenvalue weighted by molar-refractivity contribution is 5.05. The van der Waals surface area contributed by atoms with Gasteiger partial charge in [-0.25, -0.2) is 0 Å². The Bertz CT molecular complexity index is 212. The molecule has 0 radical (unpaired) electrons. The molecule has 1 N–H and O–H groups in total. The molecular formula is C12H23NO. The molecule has 1 aliphatic rings. The van der Waals surface area contributed by atoms with Crippen molar-refractivity contribution in [2.75, 3.05) is 0 Å². The van der Waals surface area contributed by atoms with Gasteiger partial charge in [0, 0.05) is 11.1 Å². The molecule has 1 rings (SSSR count). The highest BCUT2D eigenvalue weighted by atomic mass is 16.3. The predicted octanol–water partition coefficient (Wildman–Crippen LogP) is 2.53. The quantitative estimate of drug-likeness (QED) is 0.698. The number of aliphatic hydroxyl groups is 1. The van der Waals surface area contributed by atoms with Crippen LogP contribution in [-0.2, 0) is 0 Å². The van der Waals surface area contributed by atoms with Gasteiger partial charge in [0.1, 0.15) is 0 Å². The van der Waals surface area contributed by atoms with E-state index < -0.39 is 0 Å². The molecule has 0 unspecified atom stereocenters. The van der Waals surface area contributed by atoms with Crippen LogP contribution in [0.25, 0.3) is 0 Å². The van der Waals surface area contributed by atoms with Gasteiger partial charge in [0.2, 0.25) is 0 Å². The highest BCUT2D eigenvalue weighted by Gasteiger charge is 2.42. The summed E-state index contributed by atoms with van der Waals surface area (Å²) in [5, 5.41) is 9.82. The molecule has 1 heterocycles. The van der Waals surface area contributed by atoms with E-state index in [2.05, 4.69) is 44.9 Å². The van der Waals surface area contributed by atoms with Crippen molar-refractivity contribution in [3.63, 3.8) is 0 Å². The minimum atomic E-state index is -0.165. The fourth-order valence-corrected chi connectivity index (χ4v) is 2.79. The van der Waals surface area contributed by atoms with Crippen molar-refractivity contribution in [3.8, 4) is 0 Å². The first kappa shape index (κ1) is 11.6. The van der Waals surface area contributed by atoms with E-state index >= 15 is 0 Å². The lowest BCUT2D eigenvalue weighted by Crippen LogP contribution is -2.59. The molecule has 0 aliphatic carbocycles. The number of rotatable bonds is 1. The third kappa shape index (κ3) is 2.11. The second-order valence-corrected chi connectivity index (χ2v) is 5.54. The Balaban J connectivity index is 2.96. The smallest absolute Gasteiger partial charge is 0.0584 e. The van der Waals surface area contributed by atoms with E-state index in [-0.39, 0.29) is 17.2 Å². The van der Waals surface area contributed by atoms with Crippen LogP contribution in [0.15, 0.2) is 12.3 Å². The third-order valence-electron chi connectivity index (χ3n) is 3.07. The number of piperidine rings is 1. The summed E-state index contributed by atoms with van der Waals surface area (Å²) >= 11 is 0. The summed E-state index contributed by atoms with van der Waals surface area (Å²) in [6.45, 7) is 10.8. The summed E-state index contributed by atoms with van der Waals surface area (Å²) in [6.07, 6.45) is 5.75. The lowest BCUT2D eigenvalue weighted by molar-refractivity contribution is -0.0501. The van der Waals surface area contributed by atoms with Gasteiger partial charge >= 0.3 is 0 Å². The number of hydrogen-bond donors (Lipinski definition) is 1. The maximum absolute atomic E-state index is 9.82. The molecule has 1 aliphatic heterocycles. The summed E-state index contributed by atoms with van der Waals surface area (Å²) in [5.41, 5.74) is 0.0986. The van der Waals surface area contributed by atoms with Crippen molar-refractivity contribution in [2.24, 2.45) is 0 Å². The highest BCUT2D eigenvalue weighted by Crippen LogP contribution is 2.38. The van der Waals surface area contributed by atoms with Gasteiger partial charge in [-0.2, -0.15) is 0 Å². The number of likely N-dealkylation sites (tertiary alicyclic amines) is 1. The van der Waals surface area contributed by atoms with Crippen LogP contribution in [-0.4, -0.2) is 27.2 Å². The van der Waals surface area contributed by atoms with E-state index in [9.17, 15) is 5.11 Å². The molecular weight excluding hydrogens is 174 g/mol. The van der Waals surface area contributed by atoms with Gasteiger partial charge in [0.25, 0.3) is 0 Å². The summed E-state index contributed by atoms with van der Waals surface area (Å²) in [6, 6.07) is 0. The van der Waals surface area contributed by atoms with Gasteiger partial charge in [0.05, 0.1) is 6.10 Å². The number of hydrogen-bond acceptors (Lipinski definition) is 2. The fourth-order valence-electron chi connectivity index (χ4n) is 2.79. The lowest BCUT2D eigenvalue weighted by atomic mass is 9.78. The van der Waals surface area contributed by atoms with E-state index in [1.165, 1.54) is 0 Å². The molecule has 1 fully saturated rings. The van der Waals surface area contributed by atoms with Gasteiger partial charge in [-0.15, -0.1) is 0 Å². The lowest BCUT2D eigenvalue weighted by Gasteiger charge is -2.54. The fraction of sp³-hybridized carbons (Fsp3) is 0.833. The van der Waals surface area contributed by atoms with Crippen LogP contribution in [0.5, 0.6) is 0 Å². The normalized spacial score (nSPS) is 27.1. The van der Waals surface area contributed by atoms with Gasteiger partial charge in [-0.1, -0.05) is 6.08 Å². The van der Waals surface area contributed by atoms with Crippen LogP contribution in [0.3, 0.4) is 0 Å². The second kappa shape index (κ2) is 3.58. The average Bonchev–Trinajstić information content (AvgIpc) is 1.94. The maximum Gasteiger partial charge on any atom is 0.0584 e. The standard InChI is InChI=1S/C12H23NO/c1-6-7-13-11(2,3)8-10(14)9-12(13,4)5/h6-7,10,14H,8-9H2,1-5H3. The number of aliphatic hydroxyl groups excluding tert-OH is 1. The summed E-state index contributed by atoms with van der Waals surface area (Å²) in [5.74, 6) is 0. The SMILES string of the molecule is CC=CN1C(C)(C)CC(O)CC1(C)C. The summed E-state index contributed by atoms with van der Waals surface area (Å²) in [4.78, 5) is 2.37. The first-order valence-corrected chi connectivity index (χ1v) is 5.40. The van der Waals surface area contributed by atoms with Crippen LogP contribution in [0.2, 0.25) is 0 Å². The molecule has 0 saturated carbocycles. The molecule has 1 saturated heterocycles. The minimum absolute atomic E-state index is 0.0493. The summed E-state index contributed by atoms with van der Waals surface area (Å²) < 4.78 is 0. The van der Waals surface area contributed by atoms with Gasteiger partial charge in [-0.3, -0.25) is 0 Å². The zero-order valence-corrected chi connectivity index (χ0v) is 10.0. The zero-order chi connectivity index (χ0) is 11.0. The molecule has 0 aromatic heterocycles.